The standard InChI is InChI=1S/C16H21BrN6O/c1-18-16(20-11-14-7-10-21-23(14)2)19-9-8-15(24)22-13-5-3-12(17)4-6-13/h3-7,10H,8-9,11H2,1-2H3,(H,22,24)(H2,18,19,20). The normalized spacial score (nSPS) is 11.2. The zero-order valence-electron chi connectivity index (χ0n) is 13.7. The Balaban J connectivity index is 1.70. The fraction of sp³-hybridized carbons (Fsp3) is 0.312. The van der Waals surface area contributed by atoms with Crippen LogP contribution in [0.4, 0.5) is 5.69 Å². The van der Waals surface area contributed by atoms with E-state index in [1.54, 1.807) is 17.9 Å². The number of halogens is 1. The van der Waals surface area contributed by atoms with E-state index in [0.717, 1.165) is 15.9 Å². The number of amides is 1. The maximum atomic E-state index is 11.9. The third-order valence-corrected chi connectivity index (χ3v) is 3.88. The Morgan fingerprint density at radius 2 is 2.00 bits per heavy atom. The van der Waals surface area contributed by atoms with Crippen molar-refractivity contribution >= 4 is 33.5 Å². The van der Waals surface area contributed by atoms with Gasteiger partial charge >= 0.3 is 0 Å². The molecule has 0 saturated heterocycles. The first-order valence-electron chi connectivity index (χ1n) is 7.55. The van der Waals surface area contributed by atoms with Gasteiger partial charge in [-0.15, -0.1) is 0 Å². The third kappa shape index (κ3) is 5.69. The second kappa shape index (κ2) is 9.07. The van der Waals surface area contributed by atoms with Crippen molar-refractivity contribution in [1.82, 2.24) is 20.4 Å². The Kier molecular flexibility index (Phi) is 6.80. The Labute approximate surface area is 149 Å². The number of carbonyl (C=O) groups is 1. The lowest BCUT2D eigenvalue weighted by Crippen LogP contribution is -2.38. The van der Waals surface area contributed by atoms with Gasteiger partial charge in [-0.2, -0.15) is 5.10 Å². The van der Waals surface area contributed by atoms with E-state index in [0.29, 0.717) is 25.5 Å². The van der Waals surface area contributed by atoms with E-state index in [1.807, 2.05) is 37.4 Å². The molecule has 2 rings (SSSR count). The highest BCUT2D eigenvalue weighted by Crippen LogP contribution is 2.14. The number of aliphatic imine (C=N–C) groups is 1. The Bertz CT molecular complexity index is 695. The van der Waals surface area contributed by atoms with Crippen LogP contribution in [-0.2, 0) is 18.4 Å². The summed E-state index contributed by atoms with van der Waals surface area (Å²) < 4.78 is 2.77. The van der Waals surface area contributed by atoms with Gasteiger partial charge in [-0.25, -0.2) is 0 Å². The molecule has 0 spiro atoms. The average Bonchev–Trinajstić information content (AvgIpc) is 2.98. The molecule has 7 nitrogen and oxygen atoms in total. The predicted molar refractivity (Wildman–Crippen MR) is 98.8 cm³/mol. The van der Waals surface area contributed by atoms with E-state index in [-0.39, 0.29) is 5.91 Å². The summed E-state index contributed by atoms with van der Waals surface area (Å²) in [6.07, 6.45) is 2.10. The molecule has 0 radical (unpaired) electrons. The second-order valence-electron chi connectivity index (χ2n) is 5.10. The van der Waals surface area contributed by atoms with E-state index in [9.17, 15) is 4.79 Å². The first-order valence-corrected chi connectivity index (χ1v) is 8.34. The number of aryl methyl sites for hydroxylation is 1. The van der Waals surface area contributed by atoms with Crippen LogP contribution in [0, 0.1) is 0 Å². The lowest BCUT2D eigenvalue weighted by Gasteiger charge is -2.12. The molecule has 1 aromatic carbocycles. The van der Waals surface area contributed by atoms with Gasteiger partial charge in [0.15, 0.2) is 5.96 Å². The van der Waals surface area contributed by atoms with Gasteiger partial charge in [-0.3, -0.25) is 14.5 Å². The number of hydrogen-bond donors (Lipinski definition) is 3. The number of guanidine groups is 1. The molecule has 24 heavy (non-hydrogen) atoms. The number of nitrogens with zero attached hydrogens (tertiary/aromatic N) is 3. The molecule has 128 valence electrons. The number of anilines is 1. The van der Waals surface area contributed by atoms with Gasteiger partial charge < -0.3 is 16.0 Å². The summed E-state index contributed by atoms with van der Waals surface area (Å²) >= 11 is 3.36. The monoisotopic (exact) mass is 392 g/mol. The van der Waals surface area contributed by atoms with Gasteiger partial charge in [0.25, 0.3) is 0 Å². The molecule has 1 aromatic heterocycles. The van der Waals surface area contributed by atoms with E-state index in [2.05, 4.69) is 42.0 Å². The first kappa shape index (κ1) is 18.0. The van der Waals surface area contributed by atoms with Crippen LogP contribution in [0.1, 0.15) is 12.1 Å². The third-order valence-electron chi connectivity index (χ3n) is 3.36. The van der Waals surface area contributed by atoms with Crippen LogP contribution < -0.4 is 16.0 Å². The molecule has 0 saturated carbocycles. The molecule has 0 atom stereocenters. The summed E-state index contributed by atoms with van der Waals surface area (Å²) in [5.41, 5.74) is 1.83. The van der Waals surface area contributed by atoms with Crippen LogP contribution in [0.15, 0.2) is 46.0 Å². The molecule has 1 heterocycles. The summed E-state index contributed by atoms with van der Waals surface area (Å²) in [6.45, 7) is 1.11. The highest BCUT2D eigenvalue weighted by Gasteiger charge is 2.04. The number of aromatic nitrogens is 2. The van der Waals surface area contributed by atoms with Crippen LogP contribution in [0.25, 0.3) is 0 Å². The molecule has 0 unspecified atom stereocenters. The second-order valence-corrected chi connectivity index (χ2v) is 6.02. The molecule has 0 bridgehead atoms. The van der Waals surface area contributed by atoms with Gasteiger partial charge in [0, 0.05) is 43.4 Å². The molecule has 0 aliphatic rings. The van der Waals surface area contributed by atoms with Crippen LogP contribution >= 0.6 is 15.9 Å². The number of hydrogen-bond acceptors (Lipinski definition) is 3. The summed E-state index contributed by atoms with van der Waals surface area (Å²) in [5.74, 6) is 0.597. The van der Waals surface area contributed by atoms with E-state index in [1.165, 1.54) is 0 Å². The minimum absolute atomic E-state index is 0.0492. The van der Waals surface area contributed by atoms with Crippen molar-refractivity contribution in [3.05, 3.63) is 46.7 Å². The Morgan fingerprint density at radius 1 is 1.25 bits per heavy atom. The molecule has 3 N–H and O–H groups in total. The fourth-order valence-corrected chi connectivity index (χ4v) is 2.29. The van der Waals surface area contributed by atoms with Crippen molar-refractivity contribution in [2.45, 2.75) is 13.0 Å². The summed E-state index contributed by atoms with van der Waals surface area (Å²) in [6, 6.07) is 9.41. The molecule has 2 aromatic rings. The van der Waals surface area contributed by atoms with Crippen LogP contribution in [0.2, 0.25) is 0 Å². The number of nitrogens with one attached hydrogen (secondary N) is 3. The largest absolute Gasteiger partial charge is 0.356 e. The smallest absolute Gasteiger partial charge is 0.226 e. The molecule has 0 aliphatic heterocycles. The topological polar surface area (TPSA) is 83.3 Å². The molecule has 1 amide bonds. The van der Waals surface area contributed by atoms with Crippen LogP contribution in [0.3, 0.4) is 0 Å². The van der Waals surface area contributed by atoms with Crippen molar-refractivity contribution in [2.75, 3.05) is 18.9 Å². The minimum Gasteiger partial charge on any atom is -0.356 e. The zero-order chi connectivity index (χ0) is 17.4. The van der Waals surface area contributed by atoms with Crippen LogP contribution in [-0.4, -0.2) is 35.2 Å². The lowest BCUT2D eigenvalue weighted by molar-refractivity contribution is -0.116. The molecular weight excluding hydrogens is 372 g/mol. The number of benzene rings is 1. The van der Waals surface area contributed by atoms with E-state index >= 15 is 0 Å². The fourth-order valence-electron chi connectivity index (χ4n) is 2.02. The quantitative estimate of drug-likeness (QED) is 0.517. The van der Waals surface area contributed by atoms with Gasteiger partial charge in [-0.05, 0) is 30.3 Å². The lowest BCUT2D eigenvalue weighted by atomic mass is 10.3. The minimum atomic E-state index is -0.0492. The number of rotatable bonds is 6. The first-order chi connectivity index (χ1) is 11.6. The Morgan fingerprint density at radius 3 is 2.62 bits per heavy atom. The summed E-state index contributed by atoms with van der Waals surface area (Å²) in [7, 11) is 3.58. The summed E-state index contributed by atoms with van der Waals surface area (Å²) in [4.78, 5) is 16.1. The van der Waals surface area contributed by atoms with Crippen molar-refractivity contribution in [1.29, 1.82) is 0 Å². The van der Waals surface area contributed by atoms with Crippen molar-refractivity contribution in [3.8, 4) is 0 Å². The van der Waals surface area contributed by atoms with Crippen molar-refractivity contribution < 1.29 is 4.79 Å². The molecule has 0 aliphatic carbocycles. The van der Waals surface area contributed by atoms with Gasteiger partial charge in [0.2, 0.25) is 5.91 Å². The zero-order valence-corrected chi connectivity index (χ0v) is 15.3. The number of carbonyl (C=O) groups excluding carboxylic acids is 1. The average molecular weight is 393 g/mol. The van der Waals surface area contributed by atoms with E-state index in [4.69, 9.17) is 0 Å². The summed E-state index contributed by atoms with van der Waals surface area (Å²) in [5, 5.41) is 13.3. The van der Waals surface area contributed by atoms with Gasteiger partial charge in [0.1, 0.15) is 0 Å². The van der Waals surface area contributed by atoms with E-state index < -0.39 is 0 Å². The Hall–Kier alpha value is -2.35. The van der Waals surface area contributed by atoms with Gasteiger partial charge in [0.05, 0.1) is 12.2 Å². The van der Waals surface area contributed by atoms with Gasteiger partial charge in [-0.1, -0.05) is 15.9 Å². The molecule has 8 heteroatoms. The highest BCUT2D eigenvalue weighted by molar-refractivity contribution is 9.10. The maximum absolute atomic E-state index is 11.9. The molecule has 0 fully saturated rings. The highest BCUT2D eigenvalue weighted by atomic mass is 79.9. The van der Waals surface area contributed by atoms with Crippen molar-refractivity contribution in [3.63, 3.8) is 0 Å². The molecular formula is C16H21BrN6O. The van der Waals surface area contributed by atoms with Crippen molar-refractivity contribution in [2.24, 2.45) is 12.0 Å². The predicted octanol–water partition coefficient (Wildman–Crippen LogP) is 1.88. The maximum Gasteiger partial charge on any atom is 0.226 e. The van der Waals surface area contributed by atoms with Crippen LogP contribution in [0.5, 0.6) is 0 Å². The SMILES string of the molecule is CN=C(NCCC(=O)Nc1ccc(Br)cc1)NCc1ccnn1C.